The summed E-state index contributed by atoms with van der Waals surface area (Å²) < 4.78 is 10.8. The first-order valence-corrected chi connectivity index (χ1v) is 10.2. The van der Waals surface area contributed by atoms with E-state index in [0.29, 0.717) is 11.6 Å². The van der Waals surface area contributed by atoms with Gasteiger partial charge in [-0.2, -0.15) is 0 Å². The fourth-order valence-corrected chi connectivity index (χ4v) is 4.21. The molecule has 2 aliphatic heterocycles. The van der Waals surface area contributed by atoms with Crippen LogP contribution in [0.1, 0.15) is 41.4 Å². The smallest absolute Gasteiger partial charge is 0.274 e. The molecule has 2 aliphatic rings. The van der Waals surface area contributed by atoms with Crippen LogP contribution in [0, 0.1) is 5.92 Å². The van der Waals surface area contributed by atoms with Crippen molar-refractivity contribution >= 4 is 11.7 Å². The minimum atomic E-state index is -0.0172. The summed E-state index contributed by atoms with van der Waals surface area (Å²) in [6, 6.07) is 4.09. The van der Waals surface area contributed by atoms with Gasteiger partial charge in [-0.05, 0) is 48.4 Å². The van der Waals surface area contributed by atoms with E-state index < -0.39 is 0 Å². The first kappa shape index (κ1) is 19.5. The minimum Gasteiger partial charge on any atom is -0.493 e. The van der Waals surface area contributed by atoms with Crippen LogP contribution in [0.2, 0.25) is 0 Å². The second-order valence-electron chi connectivity index (χ2n) is 7.91. The summed E-state index contributed by atoms with van der Waals surface area (Å²) in [5.41, 5.74) is 2.88. The Morgan fingerprint density at radius 1 is 1.07 bits per heavy atom. The van der Waals surface area contributed by atoms with Crippen LogP contribution >= 0.6 is 0 Å². The molecule has 0 aliphatic carbocycles. The van der Waals surface area contributed by atoms with Gasteiger partial charge < -0.3 is 19.3 Å². The summed E-state index contributed by atoms with van der Waals surface area (Å²) in [6.07, 6.45) is 6.46. The summed E-state index contributed by atoms with van der Waals surface area (Å²) in [4.78, 5) is 25.8. The van der Waals surface area contributed by atoms with Crippen LogP contribution in [-0.4, -0.2) is 54.6 Å². The Labute approximate surface area is 171 Å². The Morgan fingerprint density at radius 3 is 2.48 bits per heavy atom. The van der Waals surface area contributed by atoms with Gasteiger partial charge >= 0.3 is 0 Å². The van der Waals surface area contributed by atoms with Gasteiger partial charge in [-0.15, -0.1) is 0 Å². The van der Waals surface area contributed by atoms with Gasteiger partial charge in [0.2, 0.25) is 0 Å². The molecule has 1 atom stereocenters. The predicted molar refractivity (Wildman–Crippen MR) is 111 cm³/mol. The van der Waals surface area contributed by atoms with E-state index in [4.69, 9.17) is 9.47 Å². The Hall–Kier alpha value is -2.83. The number of piperidine rings is 1. The summed E-state index contributed by atoms with van der Waals surface area (Å²) in [5.74, 6) is 2.81. The highest BCUT2D eigenvalue weighted by Gasteiger charge is 2.24. The number of hydrogen-bond acceptors (Lipinski definition) is 6. The summed E-state index contributed by atoms with van der Waals surface area (Å²) in [5, 5.41) is 0. The lowest BCUT2D eigenvalue weighted by Gasteiger charge is -2.31. The average Bonchev–Trinajstić information content (AvgIpc) is 2.77. The molecule has 7 heteroatoms. The predicted octanol–water partition coefficient (Wildman–Crippen LogP) is 2.93. The summed E-state index contributed by atoms with van der Waals surface area (Å²) >= 11 is 0. The number of fused-ring (bicyclic) bond motifs is 1. The van der Waals surface area contributed by atoms with E-state index in [9.17, 15) is 4.79 Å². The molecule has 0 bridgehead atoms. The molecule has 0 N–H and O–H groups in total. The standard InChI is InChI=1S/C22H28N4O3/c1-15-5-4-7-26(13-15)22(27)18-11-24-21(12-23-18)25-8-6-16-9-19(28-2)20(29-3)10-17(16)14-25/h9-12,15H,4-8,13-14H2,1-3H3. The van der Waals surface area contributed by atoms with Gasteiger partial charge in [-0.3, -0.25) is 4.79 Å². The van der Waals surface area contributed by atoms with Crippen molar-refractivity contribution in [2.24, 2.45) is 5.92 Å². The molecule has 0 saturated carbocycles. The number of carbonyl (C=O) groups is 1. The van der Waals surface area contributed by atoms with Crippen molar-refractivity contribution in [1.82, 2.24) is 14.9 Å². The van der Waals surface area contributed by atoms with Crippen LogP contribution < -0.4 is 14.4 Å². The van der Waals surface area contributed by atoms with Crippen molar-refractivity contribution in [2.45, 2.75) is 32.7 Å². The number of ether oxygens (including phenoxy) is 2. The number of nitrogens with zero attached hydrogens (tertiary/aromatic N) is 4. The maximum absolute atomic E-state index is 12.7. The molecule has 1 aromatic heterocycles. The van der Waals surface area contributed by atoms with Crippen molar-refractivity contribution in [3.05, 3.63) is 41.3 Å². The van der Waals surface area contributed by atoms with Crippen LogP contribution in [0.15, 0.2) is 24.5 Å². The topological polar surface area (TPSA) is 67.8 Å². The number of likely N-dealkylation sites (tertiary alicyclic amines) is 1. The molecule has 4 rings (SSSR count). The maximum Gasteiger partial charge on any atom is 0.274 e. The number of aromatic nitrogens is 2. The highest BCUT2D eigenvalue weighted by molar-refractivity contribution is 5.92. The Balaban J connectivity index is 1.48. The average molecular weight is 396 g/mol. The molecule has 0 spiro atoms. The van der Waals surface area contributed by atoms with Gasteiger partial charge in [0.1, 0.15) is 11.5 Å². The molecule has 1 fully saturated rings. The second kappa shape index (κ2) is 8.27. The molecule has 29 heavy (non-hydrogen) atoms. The van der Waals surface area contributed by atoms with Gasteiger partial charge in [0, 0.05) is 26.2 Å². The fourth-order valence-electron chi connectivity index (χ4n) is 4.21. The molecule has 154 valence electrons. The molecule has 1 saturated heterocycles. The minimum absolute atomic E-state index is 0.0172. The van der Waals surface area contributed by atoms with E-state index in [-0.39, 0.29) is 5.91 Å². The third kappa shape index (κ3) is 3.99. The zero-order valence-electron chi connectivity index (χ0n) is 17.4. The second-order valence-corrected chi connectivity index (χ2v) is 7.91. The largest absolute Gasteiger partial charge is 0.493 e. The van der Waals surface area contributed by atoms with Gasteiger partial charge in [0.15, 0.2) is 11.5 Å². The maximum atomic E-state index is 12.7. The Morgan fingerprint density at radius 2 is 1.83 bits per heavy atom. The molecule has 2 aromatic rings. The lowest BCUT2D eigenvalue weighted by molar-refractivity contribution is 0.0676. The van der Waals surface area contributed by atoms with Crippen LogP contribution in [0.4, 0.5) is 5.82 Å². The number of hydrogen-bond donors (Lipinski definition) is 0. The molecular weight excluding hydrogens is 368 g/mol. The van der Waals surface area contributed by atoms with Crippen LogP contribution in [0.3, 0.4) is 0 Å². The number of methoxy groups -OCH3 is 2. The van der Waals surface area contributed by atoms with Gasteiger partial charge in [0.25, 0.3) is 5.91 Å². The van der Waals surface area contributed by atoms with Crippen LogP contribution in [-0.2, 0) is 13.0 Å². The third-order valence-electron chi connectivity index (χ3n) is 5.84. The van der Waals surface area contributed by atoms with Crippen molar-refractivity contribution in [3.63, 3.8) is 0 Å². The van der Waals surface area contributed by atoms with Crippen molar-refractivity contribution < 1.29 is 14.3 Å². The van der Waals surface area contributed by atoms with E-state index in [1.165, 1.54) is 17.5 Å². The molecule has 0 radical (unpaired) electrons. The van der Waals surface area contributed by atoms with Gasteiger partial charge in [0.05, 0.1) is 26.6 Å². The van der Waals surface area contributed by atoms with Gasteiger partial charge in [-0.25, -0.2) is 9.97 Å². The fraction of sp³-hybridized carbons (Fsp3) is 0.500. The van der Waals surface area contributed by atoms with Crippen LogP contribution in [0.5, 0.6) is 11.5 Å². The highest BCUT2D eigenvalue weighted by atomic mass is 16.5. The highest BCUT2D eigenvalue weighted by Crippen LogP contribution is 2.34. The molecule has 1 unspecified atom stereocenters. The number of benzene rings is 1. The van der Waals surface area contributed by atoms with Gasteiger partial charge in [-0.1, -0.05) is 6.92 Å². The van der Waals surface area contributed by atoms with Crippen molar-refractivity contribution in [1.29, 1.82) is 0 Å². The normalized spacial score (nSPS) is 18.9. The third-order valence-corrected chi connectivity index (χ3v) is 5.84. The number of amides is 1. The molecule has 3 heterocycles. The number of carbonyl (C=O) groups excluding carboxylic acids is 1. The SMILES string of the molecule is COc1cc2c(cc1OC)CN(c1cnc(C(=O)N3CCCC(C)C3)cn1)CC2. The number of rotatable bonds is 4. The van der Waals surface area contributed by atoms with E-state index in [1.54, 1.807) is 26.6 Å². The Kier molecular flexibility index (Phi) is 5.56. The van der Waals surface area contributed by atoms with Crippen molar-refractivity contribution in [2.75, 3.05) is 38.8 Å². The molecule has 7 nitrogen and oxygen atoms in total. The quantitative estimate of drug-likeness (QED) is 0.792. The lowest BCUT2D eigenvalue weighted by atomic mass is 9.99. The molecule has 1 aromatic carbocycles. The first-order valence-electron chi connectivity index (χ1n) is 10.2. The van der Waals surface area contributed by atoms with E-state index >= 15 is 0 Å². The zero-order valence-corrected chi connectivity index (χ0v) is 17.4. The van der Waals surface area contributed by atoms with Crippen molar-refractivity contribution in [3.8, 4) is 11.5 Å². The van der Waals surface area contributed by atoms with E-state index in [1.807, 2.05) is 11.0 Å². The van der Waals surface area contributed by atoms with E-state index in [0.717, 1.165) is 56.3 Å². The monoisotopic (exact) mass is 396 g/mol. The summed E-state index contributed by atoms with van der Waals surface area (Å²) in [7, 11) is 3.30. The molecular formula is C22H28N4O3. The Bertz CT molecular complexity index is 884. The zero-order chi connectivity index (χ0) is 20.4. The molecule has 1 amide bonds. The lowest BCUT2D eigenvalue weighted by Crippen LogP contribution is -2.39. The van der Waals surface area contributed by atoms with E-state index in [2.05, 4.69) is 27.9 Å². The summed E-state index contributed by atoms with van der Waals surface area (Å²) in [6.45, 7) is 5.36. The van der Waals surface area contributed by atoms with Crippen LogP contribution in [0.25, 0.3) is 0 Å². The first-order chi connectivity index (χ1) is 14.1. The number of anilines is 1.